The third-order valence-corrected chi connectivity index (χ3v) is 2.83. The first kappa shape index (κ1) is 13.2. The lowest BCUT2D eigenvalue weighted by Gasteiger charge is -2.20. The lowest BCUT2D eigenvalue weighted by Crippen LogP contribution is -2.23. The van der Waals surface area contributed by atoms with Gasteiger partial charge in [0, 0.05) is 26.3 Å². The summed E-state index contributed by atoms with van der Waals surface area (Å²) in [6.45, 7) is 2.87. The van der Waals surface area contributed by atoms with Gasteiger partial charge in [-0.1, -0.05) is 11.6 Å². The second-order valence-corrected chi connectivity index (χ2v) is 4.25. The molecule has 0 aliphatic heterocycles. The molecule has 1 heterocycles. The predicted molar refractivity (Wildman–Crippen MR) is 66.7 cm³/mol. The summed E-state index contributed by atoms with van der Waals surface area (Å²) in [5, 5.41) is 9.81. The molecule has 1 atom stereocenters. The van der Waals surface area contributed by atoms with Gasteiger partial charge in [0.2, 0.25) is 0 Å². The van der Waals surface area contributed by atoms with Crippen molar-refractivity contribution in [1.29, 1.82) is 0 Å². The standard InChI is InChI=1S/C11H18ClN3O/c1-8(16)4-6-15(2)11-10(12)9(7-13)3-5-14-11/h3,5,8,16H,4,6-7,13H2,1-2H3. The van der Waals surface area contributed by atoms with Crippen LogP contribution in [0.1, 0.15) is 18.9 Å². The molecule has 3 N–H and O–H groups in total. The van der Waals surface area contributed by atoms with Gasteiger partial charge >= 0.3 is 0 Å². The molecule has 1 unspecified atom stereocenters. The second kappa shape index (κ2) is 6.03. The highest BCUT2D eigenvalue weighted by Gasteiger charge is 2.11. The van der Waals surface area contributed by atoms with Crippen LogP contribution in [0.5, 0.6) is 0 Å². The highest BCUT2D eigenvalue weighted by molar-refractivity contribution is 6.33. The summed E-state index contributed by atoms with van der Waals surface area (Å²) in [4.78, 5) is 6.15. The molecular weight excluding hydrogens is 226 g/mol. The van der Waals surface area contributed by atoms with Crippen LogP contribution in [0, 0.1) is 0 Å². The van der Waals surface area contributed by atoms with Crippen LogP contribution in [0.2, 0.25) is 5.02 Å². The van der Waals surface area contributed by atoms with Gasteiger partial charge in [-0.25, -0.2) is 4.98 Å². The van der Waals surface area contributed by atoms with Gasteiger partial charge < -0.3 is 15.7 Å². The molecular formula is C11H18ClN3O. The zero-order valence-corrected chi connectivity index (χ0v) is 10.4. The fourth-order valence-corrected chi connectivity index (χ4v) is 1.71. The molecule has 0 radical (unpaired) electrons. The molecule has 0 fully saturated rings. The summed E-state index contributed by atoms with van der Waals surface area (Å²) >= 11 is 6.17. The minimum atomic E-state index is -0.320. The van der Waals surface area contributed by atoms with E-state index in [1.54, 1.807) is 13.1 Å². The monoisotopic (exact) mass is 243 g/mol. The Hall–Kier alpha value is -0.840. The maximum Gasteiger partial charge on any atom is 0.147 e. The van der Waals surface area contributed by atoms with Gasteiger partial charge in [-0.15, -0.1) is 0 Å². The number of rotatable bonds is 5. The van der Waals surface area contributed by atoms with Gasteiger partial charge in [0.15, 0.2) is 0 Å². The third kappa shape index (κ3) is 3.33. The van der Waals surface area contributed by atoms with Crippen LogP contribution in [0.15, 0.2) is 12.3 Å². The molecule has 1 aromatic rings. The number of hydrogen-bond donors (Lipinski definition) is 2. The van der Waals surface area contributed by atoms with Crippen LogP contribution in [-0.2, 0) is 6.54 Å². The molecule has 0 aromatic carbocycles. The quantitative estimate of drug-likeness (QED) is 0.821. The predicted octanol–water partition coefficient (Wildman–Crippen LogP) is 1.40. The average molecular weight is 244 g/mol. The summed E-state index contributed by atoms with van der Waals surface area (Å²) in [7, 11) is 1.90. The molecule has 0 amide bonds. The molecule has 0 spiro atoms. The van der Waals surface area contributed by atoms with Gasteiger partial charge in [-0.05, 0) is 25.0 Å². The van der Waals surface area contributed by atoms with Gasteiger partial charge in [0.1, 0.15) is 5.82 Å². The topological polar surface area (TPSA) is 62.4 Å². The Labute approximate surface area is 101 Å². The van der Waals surface area contributed by atoms with Gasteiger partial charge in [0.25, 0.3) is 0 Å². The first-order valence-electron chi connectivity index (χ1n) is 5.29. The fourth-order valence-electron chi connectivity index (χ4n) is 1.38. The first-order chi connectivity index (χ1) is 7.56. The third-order valence-electron chi connectivity index (χ3n) is 2.41. The lowest BCUT2D eigenvalue weighted by atomic mass is 10.2. The normalized spacial score (nSPS) is 12.6. The maximum atomic E-state index is 9.22. The van der Waals surface area contributed by atoms with Crippen molar-refractivity contribution in [1.82, 2.24) is 4.98 Å². The Kier molecular flexibility index (Phi) is 4.99. The Balaban J connectivity index is 2.78. The maximum absolute atomic E-state index is 9.22. The average Bonchev–Trinajstić information content (AvgIpc) is 2.26. The van der Waals surface area contributed by atoms with Crippen molar-refractivity contribution in [2.45, 2.75) is 26.0 Å². The van der Waals surface area contributed by atoms with E-state index in [1.807, 2.05) is 18.0 Å². The number of nitrogens with zero attached hydrogens (tertiary/aromatic N) is 2. The molecule has 0 bridgehead atoms. The zero-order chi connectivity index (χ0) is 12.1. The highest BCUT2D eigenvalue weighted by atomic mass is 35.5. The van der Waals surface area contributed by atoms with E-state index in [9.17, 15) is 5.11 Å². The van der Waals surface area contributed by atoms with Crippen LogP contribution >= 0.6 is 11.6 Å². The van der Waals surface area contributed by atoms with Crippen LogP contribution < -0.4 is 10.6 Å². The van der Waals surface area contributed by atoms with E-state index in [0.29, 0.717) is 30.4 Å². The number of nitrogens with two attached hydrogens (primary N) is 1. The molecule has 0 saturated heterocycles. The van der Waals surface area contributed by atoms with E-state index in [4.69, 9.17) is 17.3 Å². The molecule has 0 saturated carbocycles. The van der Waals surface area contributed by atoms with E-state index in [2.05, 4.69) is 4.98 Å². The Bertz CT molecular complexity index is 344. The number of aliphatic hydroxyl groups is 1. The van der Waals surface area contributed by atoms with Gasteiger partial charge in [-0.2, -0.15) is 0 Å². The number of aliphatic hydroxyl groups excluding tert-OH is 1. The van der Waals surface area contributed by atoms with E-state index >= 15 is 0 Å². The highest BCUT2D eigenvalue weighted by Crippen LogP contribution is 2.25. The minimum absolute atomic E-state index is 0.320. The van der Waals surface area contributed by atoms with E-state index < -0.39 is 0 Å². The minimum Gasteiger partial charge on any atom is -0.393 e. The van der Waals surface area contributed by atoms with Crippen LogP contribution in [0.4, 0.5) is 5.82 Å². The number of anilines is 1. The molecule has 0 aliphatic rings. The Morgan fingerprint density at radius 2 is 2.31 bits per heavy atom. The van der Waals surface area contributed by atoms with Crippen molar-refractivity contribution in [2.75, 3.05) is 18.5 Å². The Morgan fingerprint density at radius 1 is 1.62 bits per heavy atom. The summed E-state index contributed by atoms with van der Waals surface area (Å²) in [6.07, 6.45) is 2.06. The van der Waals surface area contributed by atoms with Crippen molar-refractivity contribution in [3.63, 3.8) is 0 Å². The van der Waals surface area contributed by atoms with Crippen molar-refractivity contribution >= 4 is 17.4 Å². The van der Waals surface area contributed by atoms with Crippen LogP contribution in [0.25, 0.3) is 0 Å². The Morgan fingerprint density at radius 3 is 2.88 bits per heavy atom. The SMILES string of the molecule is CC(O)CCN(C)c1nccc(CN)c1Cl. The molecule has 0 aliphatic carbocycles. The molecule has 16 heavy (non-hydrogen) atoms. The number of aromatic nitrogens is 1. The summed E-state index contributed by atoms with van der Waals surface area (Å²) in [6, 6.07) is 1.81. The van der Waals surface area contributed by atoms with Crippen molar-refractivity contribution in [3.05, 3.63) is 22.8 Å². The molecule has 5 heteroatoms. The van der Waals surface area contributed by atoms with Crippen molar-refractivity contribution in [2.24, 2.45) is 5.73 Å². The molecule has 1 rings (SSSR count). The van der Waals surface area contributed by atoms with Crippen molar-refractivity contribution < 1.29 is 5.11 Å². The van der Waals surface area contributed by atoms with Gasteiger partial charge in [-0.3, -0.25) is 0 Å². The summed E-state index contributed by atoms with van der Waals surface area (Å²) in [5.41, 5.74) is 6.46. The number of halogens is 1. The van der Waals surface area contributed by atoms with E-state index in [1.165, 1.54) is 0 Å². The van der Waals surface area contributed by atoms with E-state index in [0.717, 1.165) is 5.56 Å². The lowest BCUT2D eigenvalue weighted by molar-refractivity contribution is 0.187. The fraction of sp³-hybridized carbons (Fsp3) is 0.545. The summed E-state index contributed by atoms with van der Waals surface area (Å²) < 4.78 is 0. The smallest absolute Gasteiger partial charge is 0.147 e. The van der Waals surface area contributed by atoms with E-state index in [-0.39, 0.29) is 6.10 Å². The number of hydrogen-bond acceptors (Lipinski definition) is 4. The molecule has 1 aromatic heterocycles. The van der Waals surface area contributed by atoms with Crippen LogP contribution in [0.3, 0.4) is 0 Å². The summed E-state index contributed by atoms with van der Waals surface area (Å²) in [5.74, 6) is 0.713. The van der Waals surface area contributed by atoms with Crippen molar-refractivity contribution in [3.8, 4) is 0 Å². The number of pyridine rings is 1. The van der Waals surface area contributed by atoms with Crippen LogP contribution in [-0.4, -0.2) is 29.8 Å². The first-order valence-corrected chi connectivity index (χ1v) is 5.66. The molecule has 4 nitrogen and oxygen atoms in total. The second-order valence-electron chi connectivity index (χ2n) is 3.87. The zero-order valence-electron chi connectivity index (χ0n) is 9.65. The molecule has 90 valence electrons. The van der Waals surface area contributed by atoms with Gasteiger partial charge in [0.05, 0.1) is 11.1 Å². The largest absolute Gasteiger partial charge is 0.393 e.